The van der Waals surface area contributed by atoms with Crippen molar-refractivity contribution in [2.45, 2.75) is 6.04 Å². The zero-order valence-electron chi connectivity index (χ0n) is 17.0. The standard InChI is InChI=1S/C24H18N4O4/c1-32-18-12-5-2-8-14(18)21(29)19-20(17-11-6-7-13-25-17)28(23(31)22(19)30)24-26-15-9-3-4-10-16(15)27-24/h2-13,20,29H,1H3,(H,26,27)/b21-19+. The summed E-state index contributed by atoms with van der Waals surface area (Å²) in [7, 11) is 1.47. The van der Waals surface area contributed by atoms with Crippen LogP contribution in [0.4, 0.5) is 5.95 Å². The Morgan fingerprint density at radius 2 is 1.78 bits per heavy atom. The summed E-state index contributed by atoms with van der Waals surface area (Å²) in [6.45, 7) is 0. The van der Waals surface area contributed by atoms with Crippen molar-refractivity contribution < 1.29 is 19.4 Å². The molecule has 1 saturated heterocycles. The van der Waals surface area contributed by atoms with Crippen LogP contribution in [0.25, 0.3) is 16.8 Å². The molecule has 158 valence electrons. The first kappa shape index (κ1) is 19.5. The van der Waals surface area contributed by atoms with Gasteiger partial charge in [0, 0.05) is 6.20 Å². The van der Waals surface area contributed by atoms with Crippen molar-refractivity contribution in [1.82, 2.24) is 15.0 Å². The van der Waals surface area contributed by atoms with Crippen LogP contribution in [0.15, 0.2) is 78.5 Å². The quantitative estimate of drug-likeness (QED) is 0.293. The number of ether oxygens (including phenoxy) is 1. The molecule has 0 bridgehead atoms. The van der Waals surface area contributed by atoms with Crippen LogP contribution < -0.4 is 9.64 Å². The molecule has 0 spiro atoms. The minimum Gasteiger partial charge on any atom is -0.507 e. The summed E-state index contributed by atoms with van der Waals surface area (Å²) in [6, 6.07) is 18.3. The molecular formula is C24H18N4O4. The number of nitrogens with one attached hydrogen (secondary N) is 1. The third-order valence-corrected chi connectivity index (χ3v) is 5.38. The molecule has 32 heavy (non-hydrogen) atoms. The summed E-state index contributed by atoms with van der Waals surface area (Å²) in [5, 5.41) is 11.2. The summed E-state index contributed by atoms with van der Waals surface area (Å²) in [5.41, 5.74) is 2.00. The van der Waals surface area contributed by atoms with Gasteiger partial charge in [-0.05, 0) is 36.4 Å². The van der Waals surface area contributed by atoms with E-state index in [9.17, 15) is 14.7 Å². The average Bonchev–Trinajstić information content (AvgIpc) is 3.37. The molecule has 4 aromatic rings. The number of Topliss-reactive ketones (excluding diaryl/α,β-unsaturated/α-hetero) is 1. The minimum atomic E-state index is -0.971. The van der Waals surface area contributed by atoms with Crippen molar-refractivity contribution in [1.29, 1.82) is 0 Å². The lowest BCUT2D eigenvalue weighted by Gasteiger charge is -2.22. The van der Waals surface area contributed by atoms with Crippen LogP contribution in [0.3, 0.4) is 0 Å². The molecule has 0 aliphatic carbocycles. The van der Waals surface area contributed by atoms with Gasteiger partial charge in [-0.2, -0.15) is 0 Å². The van der Waals surface area contributed by atoms with E-state index in [1.54, 1.807) is 54.7 Å². The molecule has 1 atom stereocenters. The molecule has 1 aliphatic heterocycles. The fourth-order valence-electron chi connectivity index (χ4n) is 3.91. The van der Waals surface area contributed by atoms with Crippen molar-refractivity contribution in [3.63, 3.8) is 0 Å². The number of carbonyl (C=O) groups is 2. The number of aliphatic hydroxyl groups is 1. The smallest absolute Gasteiger partial charge is 0.302 e. The van der Waals surface area contributed by atoms with Crippen molar-refractivity contribution in [2.24, 2.45) is 0 Å². The van der Waals surface area contributed by atoms with E-state index in [0.29, 0.717) is 28.0 Å². The lowest BCUT2D eigenvalue weighted by Crippen LogP contribution is -2.30. The number of methoxy groups -OCH3 is 1. The molecule has 1 aliphatic rings. The van der Waals surface area contributed by atoms with E-state index in [-0.39, 0.29) is 17.3 Å². The third kappa shape index (κ3) is 3.01. The molecule has 0 saturated carbocycles. The molecule has 1 fully saturated rings. The van der Waals surface area contributed by atoms with Crippen molar-refractivity contribution in [3.05, 3.63) is 89.8 Å². The zero-order chi connectivity index (χ0) is 22.2. The Kier molecular flexibility index (Phi) is 4.67. The SMILES string of the molecule is COc1ccccc1/C(O)=C1\C(=O)C(=O)N(c2nc3ccccc3[nH]2)C1c1ccccn1. The van der Waals surface area contributed by atoms with Crippen LogP contribution in [-0.4, -0.2) is 38.9 Å². The Labute approximate surface area is 182 Å². The van der Waals surface area contributed by atoms with Gasteiger partial charge in [-0.15, -0.1) is 0 Å². The van der Waals surface area contributed by atoms with E-state index in [0.717, 1.165) is 0 Å². The number of amides is 1. The van der Waals surface area contributed by atoms with Crippen LogP contribution in [0.5, 0.6) is 5.75 Å². The van der Waals surface area contributed by atoms with Gasteiger partial charge in [0.05, 0.1) is 35.0 Å². The molecule has 2 aromatic carbocycles. The maximum Gasteiger partial charge on any atom is 0.302 e. The maximum atomic E-state index is 13.2. The van der Waals surface area contributed by atoms with E-state index in [1.807, 2.05) is 18.2 Å². The fourth-order valence-corrected chi connectivity index (χ4v) is 3.91. The number of hydrogen-bond acceptors (Lipinski definition) is 6. The summed E-state index contributed by atoms with van der Waals surface area (Å²) in [4.78, 5) is 39.6. The van der Waals surface area contributed by atoms with Gasteiger partial charge < -0.3 is 14.8 Å². The van der Waals surface area contributed by atoms with Gasteiger partial charge in [-0.25, -0.2) is 4.98 Å². The normalized spacial score (nSPS) is 17.8. The first-order valence-corrected chi connectivity index (χ1v) is 9.90. The number of para-hydroxylation sites is 3. The molecule has 5 rings (SSSR count). The number of benzene rings is 2. The van der Waals surface area contributed by atoms with E-state index < -0.39 is 17.7 Å². The lowest BCUT2D eigenvalue weighted by molar-refractivity contribution is -0.132. The highest BCUT2D eigenvalue weighted by atomic mass is 16.5. The molecule has 1 amide bonds. The lowest BCUT2D eigenvalue weighted by atomic mass is 9.98. The van der Waals surface area contributed by atoms with Crippen LogP contribution in [0.2, 0.25) is 0 Å². The minimum absolute atomic E-state index is 0.0846. The average molecular weight is 426 g/mol. The third-order valence-electron chi connectivity index (χ3n) is 5.38. The van der Waals surface area contributed by atoms with E-state index in [4.69, 9.17) is 4.74 Å². The number of pyridine rings is 1. The van der Waals surface area contributed by atoms with Crippen LogP contribution in [0.1, 0.15) is 17.3 Å². The number of carbonyl (C=O) groups excluding carboxylic acids is 2. The highest BCUT2D eigenvalue weighted by Crippen LogP contribution is 2.42. The molecule has 8 heteroatoms. The molecule has 2 N–H and O–H groups in total. The number of anilines is 1. The number of nitrogens with zero attached hydrogens (tertiary/aromatic N) is 3. The van der Waals surface area contributed by atoms with Gasteiger partial charge in [0.1, 0.15) is 17.6 Å². The van der Waals surface area contributed by atoms with Crippen LogP contribution >= 0.6 is 0 Å². The molecule has 0 radical (unpaired) electrons. The predicted octanol–water partition coefficient (Wildman–Crippen LogP) is 3.59. The van der Waals surface area contributed by atoms with Gasteiger partial charge in [0.2, 0.25) is 5.95 Å². The van der Waals surface area contributed by atoms with Gasteiger partial charge in [-0.3, -0.25) is 19.5 Å². The van der Waals surface area contributed by atoms with Crippen LogP contribution in [0, 0.1) is 0 Å². The highest BCUT2D eigenvalue weighted by molar-refractivity contribution is 6.51. The summed E-state index contributed by atoms with van der Waals surface area (Å²) < 4.78 is 5.34. The Morgan fingerprint density at radius 3 is 2.53 bits per heavy atom. The molecule has 2 aromatic heterocycles. The number of rotatable bonds is 4. The Hall–Kier alpha value is -4.46. The number of hydrogen-bond donors (Lipinski definition) is 2. The number of ketones is 1. The number of aromatic amines is 1. The Morgan fingerprint density at radius 1 is 1.03 bits per heavy atom. The highest BCUT2D eigenvalue weighted by Gasteiger charge is 2.49. The molecule has 1 unspecified atom stereocenters. The van der Waals surface area contributed by atoms with Crippen LogP contribution in [-0.2, 0) is 9.59 Å². The summed E-state index contributed by atoms with van der Waals surface area (Å²) >= 11 is 0. The Bertz CT molecular complexity index is 1340. The molecule has 3 heterocycles. The fraction of sp³-hybridized carbons (Fsp3) is 0.0833. The van der Waals surface area contributed by atoms with Gasteiger partial charge >= 0.3 is 5.91 Å². The maximum absolute atomic E-state index is 13.2. The van der Waals surface area contributed by atoms with Gasteiger partial charge in [0.25, 0.3) is 5.78 Å². The summed E-state index contributed by atoms with van der Waals surface area (Å²) in [5.74, 6) is -1.40. The predicted molar refractivity (Wildman–Crippen MR) is 118 cm³/mol. The zero-order valence-corrected chi connectivity index (χ0v) is 17.0. The second kappa shape index (κ2) is 7.66. The van der Waals surface area contributed by atoms with E-state index in [2.05, 4.69) is 15.0 Å². The monoisotopic (exact) mass is 426 g/mol. The Balaban J connectivity index is 1.75. The summed E-state index contributed by atoms with van der Waals surface area (Å²) in [6.07, 6.45) is 1.57. The number of aliphatic hydroxyl groups excluding tert-OH is 1. The topological polar surface area (TPSA) is 108 Å². The first-order chi connectivity index (χ1) is 15.6. The van der Waals surface area contributed by atoms with Crippen molar-refractivity contribution >= 4 is 34.4 Å². The first-order valence-electron chi connectivity index (χ1n) is 9.90. The van der Waals surface area contributed by atoms with E-state index >= 15 is 0 Å². The van der Waals surface area contributed by atoms with Gasteiger partial charge in [-0.1, -0.05) is 30.3 Å². The second-order valence-electron chi connectivity index (χ2n) is 7.20. The number of H-pyrrole nitrogens is 1. The van der Waals surface area contributed by atoms with Gasteiger partial charge in [0.15, 0.2) is 0 Å². The largest absolute Gasteiger partial charge is 0.507 e. The van der Waals surface area contributed by atoms with Crippen molar-refractivity contribution in [2.75, 3.05) is 12.0 Å². The second-order valence-corrected chi connectivity index (χ2v) is 7.20. The van der Waals surface area contributed by atoms with Crippen molar-refractivity contribution in [3.8, 4) is 5.75 Å². The van der Waals surface area contributed by atoms with E-state index in [1.165, 1.54) is 12.0 Å². The molecule has 8 nitrogen and oxygen atoms in total. The number of fused-ring (bicyclic) bond motifs is 1. The number of aromatic nitrogens is 3. The number of imidazole rings is 1. The molecular weight excluding hydrogens is 408 g/mol.